The van der Waals surface area contributed by atoms with Gasteiger partial charge in [-0.15, -0.1) is 0 Å². The second kappa shape index (κ2) is 10.4. The van der Waals surface area contributed by atoms with Crippen LogP contribution < -0.4 is 0 Å². The zero-order chi connectivity index (χ0) is 16.4. The van der Waals surface area contributed by atoms with Crippen LogP contribution in [0.1, 0.15) is 58.4 Å². The van der Waals surface area contributed by atoms with E-state index in [1.54, 1.807) is 0 Å². The standard InChI is InChI=1S/C20H33NO/c1-5-18(6-2)13-10-14-21(4)20(22)16-17(3)15-19-11-8-7-9-12-19/h7-9,11-12,17-18H,5-6,10,13-16H2,1-4H3/t17-/m1/s1. The van der Waals surface area contributed by atoms with Gasteiger partial charge in [0.2, 0.25) is 5.91 Å². The smallest absolute Gasteiger partial charge is 0.222 e. The van der Waals surface area contributed by atoms with E-state index < -0.39 is 0 Å². The molecular weight excluding hydrogens is 270 g/mol. The number of nitrogens with zero attached hydrogens (tertiary/aromatic N) is 1. The molecule has 0 spiro atoms. The van der Waals surface area contributed by atoms with E-state index in [0.29, 0.717) is 12.3 Å². The minimum atomic E-state index is 0.285. The maximum absolute atomic E-state index is 12.3. The molecule has 0 saturated carbocycles. The first-order valence-corrected chi connectivity index (χ1v) is 8.84. The van der Waals surface area contributed by atoms with Crippen LogP contribution >= 0.6 is 0 Å². The van der Waals surface area contributed by atoms with Crippen LogP contribution in [-0.2, 0) is 11.2 Å². The van der Waals surface area contributed by atoms with Crippen LogP contribution in [0.4, 0.5) is 0 Å². The van der Waals surface area contributed by atoms with Gasteiger partial charge in [-0.1, -0.05) is 63.9 Å². The Morgan fingerprint density at radius 3 is 2.36 bits per heavy atom. The summed E-state index contributed by atoms with van der Waals surface area (Å²) in [5, 5.41) is 0. The summed E-state index contributed by atoms with van der Waals surface area (Å²) in [6.07, 6.45) is 6.50. The highest BCUT2D eigenvalue weighted by molar-refractivity contribution is 5.76. The molecule has 0 radical (unpaired) electrons. The number of carbonyl (C=O) groups is 1. The molecule has 1 aromatic rings. The molecule has 0 aliphatic carbocycles. The molecule has 0 fully saturated rings. The molecule has 0 heterocycles. The second-order valence-electron chi connectivity index (χ2n) is 6.64. The zero-order valence-electron chi connectivity index (χ0n) is 14.8. The molecular formula is C20H33NO. The predicted molar refractivity (Wildman–Crippen MR) is 94.9 cm³/mol. The van der Waals surface area contributed by atoms with Crippen LogP contribution in [-0.4, -0.2) is 24.4 Å². The van der Waals surface area contributed by atoms with Gasteiger partial charge in [0.1, 0.15) is 0 Å². The quantitative estimate of drug-likeness (QED) is 0.600. The third-order valence-corrected chi connectivity index (χ3v) is 4.64. The van der Waals surface area contributed by atoms with E-state index in [9.17, 15) is 4.79 Å². The number of amides is 1. The number of carbonyl (C=O) groups excluding carboxylic acids is 1. The summed E-state index contributed by atoms with van der Waals surface area (Å²) in [4.78, 5) is 14.2. The van der Waals surface area contributed by atoms with Gasteiger partial charge in [-0.2, -0.15) is 0 Å². The van der Waals surface area contributed by atoms with Gasteiger partial charge in [0.15, 0.2) is 0 Å². The van der Waals surface area contributed by atoms with Crippen molar-refractivity contribution >= 4 is 5.91 Å². The lowest BCUT2D eigenvalue weighted by Gasteiger charge is -2.21. The molecule has 0 bridgehead atoms. The Morgan fingerprint density at radius 1 is 1.14 bits per heavy atom. The summed E-state index contributed by atoms with van der Waals surface area (Å²) in [5.74, 6) is 1.50. The van der Waals surface area contributed by atoms with Crippen molar-refractivity contribution < 1.29 is 4.79 Å². The normalized spacial score (nSPS) is 12.4. The molecule has 1 atom stereocenters. The molecule has 2 nitrogen and oxygen atoms in total. The van der Waals surface area contributed by atoms with Gasteiger partial charge >= 0.3 is 0 Å². The van der Waals surface area contributed by atoms with E-state index in [2.05, 4.69) is 45.0 Å². The summed E-state index contributed by atoms with van der Waals surface area (Å²) in [7, 11) is 1.95. The molecule has 1 aromatic carbocycles. The molecule has 0 aliphatic rings. The summed E-state index contributed by atoms with van der Waals surface area (Å²) in [5.41, 5.74) is 1.32. The SMILES string of the molecule is CCC(CC)CCCN(C)C(=O)C[C@H](C)Cc1ccccc1. The largest absolute Gasteiger partial charge is 0.346 e. The van der Waals surface area contributed by atoms with Gasteiger partial charge < -0.3 is 4.90 Å². The van der Waals surface area contributed by atoms with E-state index in [-0.39, 0.29) is 5.91 Å². The Labute approximate surface area is 136 Å². The number of benzene rings is 1. The highest BCUT2D eigenvalue weighted by Crippen LogP contribution is 2.16. The summed E-state index contributed by atoms with van der Waals surface area (Å²) in [6, 6.07) is 10.4. The molecule has 0 aromatic heterocycles. The third kappa shape index (κ3) is 7.11. The second-order valence-corrected chi connectivity index (χ2v) is 6.64. The van der Waals surface area contributed by atoms with Gasteiger partial charge in [-0.25, -0.2) is 0 Å². The molecule has 0 N–H and O–H groups in total. The first kappa shape index (κ1) is 18.7. The van der Waals surface area contributed by atoms with Gasteiger partial charge in [-0.05, 0) is 36.7 Å². The molecule has 0 saturated heterocycles. The van der Waals surface area contributed by atoms with Crippen LogP contribution in [0.25, 0.3) is 0 Å². The number of hydrogen-bond acceptors (Lipinski definition) is 1. The lowest BCUT2D eigenvalue weighted by Crippen LogP contribution is -2.29. The highest BCUT2D eigenvalue weighted by Gasteiger charge is 2.14. The monoisotopic (exact) mass is 303 g/mol. The van der Waals surface area contributed by atoms with Gasteiger partial charge in [-0.3, -0.25) is 4.79 Å². The Morgan fingerprint density at radius 2 is 1.77 bits per heavy atom. The van der Waals surface area contributed by atoms with E-state index in [1.165, 1.54) is 24.8 Å². The van der Waals surface area contributed by atoms with Gasteiger partial charge in [0.25, 0.3) is 0 Å². The summed E-state index contributed by atoms with van der Waals surface area (Å²) in [6.45, 7) is 7.58. The number of hydrogen-bond donors (Lipinski definition) is 0. The molecule has 0 unspecified atom stereocenters. The van der Waals surface area contributed by atoms with Crippen molar-refractivity contribution in [3.63, 3.8) is 0 Å². The van der Waals surface area contributed by atoms with Crippen LogP contribution in [0.2, 0.25) is 0 Å². The maximum Gasteiger partial charge on any atom is 0.222 e. The first-order valence-electron chi connectivity index (χ1n) is 8.84. The van der Waals surface area contributed by atoms with Crippen molar-refractivity contribution in [2.45, 2.75) is 59.3 Å². The van der Waals surface area contributed by atoms with Gasteiger partial charge in [0.05, 0.1) is 0 Å². The third-order valence-electron chi connectivity index (χ3n) is 4.64. The Hall–Kier alpha value is -1.31. The van der Waals surface area contributed by atoms with Crippen molar-refractivity contribution in [1.82, 2.24) is 4.90 Å². The molecule has 0 aliphatic heterocycles. The lowest BCUT2D eigenvalue weighted by atomic mass is 9.96. The van der Waals surface area contributed by atoms with Crippen LogP contribution in [0.15, 0.2) is 30.3 Å². The van der Waals surface area contributed by atoms with Crippen molar-refractivity contribution in [1.29, 1.82) is 0 Å². The first-order chi connectivity index (χ1) is 10.6. The fourth-order valence-corrected chi connectivity index (χ4v) is 2.98. The summed E-state index contributed by atoms with van der Waals surface area (Å²) >= 11 is 0. The molecule has 22 heavy (non-hydrogen) atoms. The van der Waals surface area contributed by atoms with Gasteiger partial charge in [0, 0.05) is 20.0 Å². The van der Waals surface area contributed by atoms with E-state index >= 15 is 0 Å². The summed E-state index contributed by atoms with van der Waals surface area (Å²) < 4.78 is 0. The fourth-order valence-electron chi connectivity index (χ4n) is 2.98. The van der Waals surface area contributed by atoms with Crippen LogP contribution in [0.3, 0.4) is 0 Å². The molecule has 1 amide bonds. The van der Waals surface area contributed by atoms with Crippen molar-refractivity contribution in [2.24, 2.45) is 11.8 Å². The average Bonchev–Trinajstić information content (AvgIpc) is 2.52. The topological polar surface area (TPSA) is 20.3 Å². The predicted octanol–water partition coefficient (Wildman–Crippen LogP) is 4.93. The Bertz CT molecular complexity index is 411. The molecule has 2 heteroatoms. The van der Waals surface area contributed by atoms with E-state index in [4.69, 9.17) is 0 Å². The Kier molecular flexibility index (Phi) is 8.88. The van der Waals surface area contributed by atoms with E-state index in [1.807, 2.05) is 18.0 Å². The average molecular weight is 303 g/mol. The highest BCUT2D eigenvalue weighted by atomic mass is 16.2. The van der Waals surface area contributed by atoms with Crippen molar-refractivity contribution in [3.8, 4) is 0 Å². The fraction of sp³-hybridized carbons (Fsp3) is 0.650. The minimum absolute atomic E-state index is 0.285. The van der Waals surface area contributed by atoms with Crippen molar-refractivity contribution in [2.75, 3.05) is 13.6 Å². The van der Waals surface area contributed by atoms with Crippen LogP contribution in [0, 0.1) is 11.8 Å². The van der Waals surface area contributed by atoms with Crippen LogP contribution in [0.5, 0.6) is 0 Å². The minimum Gasteiger partial charge on any atom is -0.346 e. The maximum atomic E-state index is 12.3. The lowest BCUT2D eigenvalue weighted by molar-refractivity contribution is -0.130. The molecule has 124 valence electrons. The Balaban J connectivity index is 2.28. The zero-order valence-corrected chi connectivity index (χ0v) is 14.8. The molecule has 1 rings (SSSR count). The van der Waals surface area contributed by atoms with Crippen molar-refractivity contribution in [3.05, 3.63) is 35.9 Å². The number of rotatable bonds is 10. The van der Waals surface area contributed by atoms with E-state index in [0.717, 1.165) is 25.3 Å².